The van der Waals surface area contributed by atoms with E-state index in [0.717, 1.165) is 4.70 Å². The number of fused-ring (bicyclic) bond motifs is 1. The van der Waals surface area contributed by atoms with Gasteiger partial charge in [-0.3, -0.25) is 9.52 Å². The van der Waals surface area contributed by atoms with E-state index in [1.807, 2.05) is 6.07 Å². The minimum absolute atomic E-state index is 0.00395. The number of carbonyl (C=O) groups excluding carboxylic acids is 1. The molecule has 1 aliphatic rings. The van der Waals surface area contributed by atoms with Crippen LogP contribution in [-0.2, 0) is 14.8 Å². The Morgan fingerprint density at radius 3 is 2.67 bits per heavy atom. The molecule has 0 radical (unpaired) electrons. The summed E-state index contributed by atoms with van der Waals surface area (Å²) in [5.74, 6) is -0.429. The summed E-state index contributed by atoms with van der Waals surface area (Å²) in [6.45, 7) is 2.86. The van der Waals surface area contributed by atoms with Gasteiger partial charge in [0.1, 0.15) is 16.5 Å². The van der Waals surface area contributed by atoms with Crippen LogP contribution in [-0.4, -0.2) is 49.0 Å². The van der Waals surface area contributed by atoms with Crippen LogP contribution < -0.4 is 4.72 Å². The number of ether oxygens (including phenoxy) is 1. The number of aromatic nitrogens is 1. The van der Waals surface area contributed by atoms with Gasteiger partial charge in [-0.25, -0.2) is 13.4 Å². The Balaban J connectivity index is 1.52. The highest BCUT2D eigenvalue weighted by molar-refractivity contribution is 7.93. The largest absolute Gasteiger partial charge is 0.353 e. The highest BCUT2D eigenvalue weighted by atomic mass is 32.2. The Bertz CT molecular complexity index is 1440. The van der Waals surface area contributed by atoms with Crippen LogP contribution in [0.5, 0.6) is 0 Å². The number of thiazole rings is 1. The summed E-state index contributed by atoms with van der Waals surface area (Å²) in [7, 11) is -4.01. The summed E-state index contributed by atoms with van der Waals surface area (Å²) in [4.78, 5) is 18.8. The fraction of sp³-hybridized carbons (Fsp3) is 0.375. The van der Waals surface area contributed by atoms with Gasteiger partial charge in [-0.1, -0.05) is 13.0 Å². The van der Waals surface area contributed by atoms with Crippen molar-refractivity contribution in [2.45, 2.75) is 49.7 Å². The molecular weight excluding hydrogens is 510 g/mol. The lowest BCUT2D eigenvalue weighted by Crippen LogP contribution is -2.50. The predicted molar refractivity (Wildman–Crippen MR) is 131 cm³/mol. The maximum Gasteiger partial charge on any atom is 0.353 e. The summed E-state index contributed by atoms with van der Waals surface area (Å²) < 4.78 is 61.2. The summed E-state index contributed by atoms with van der Waals surface area (Å²) >= 11 is 1.32. The molecule has 2 aromatic carbocycles. The topological polar surface area (TPSA) is 112 Å². The van der Waals surface area contributed by atoms with Gasteiger partial charge < -0.3 is 9.64 Å². The molecule has 190 valence electrons. The minimum atomic E-state index is -4.01. The number of halogens is 2. The van der Waals surface area contributed by atoms with Gasteiger partial charge in [-0.15, -0.1) is 11.3 Å². The molecule has 1 N–H and O–H groups in total. The van der Waals surface area contributed by atoms with Gasteiger partial charge >= 0.3 is 6.11 Å². The highest BCUT2D eigenvalue weighted by Gasteiger charge is 2.42. The number of piperidine rings is 1. The van der Waals surface area contributed by atoms with E-state index in [1.54, 1.807) is 24.6 Å². The zero-order chi connectivity index (χ0) is 26.1. The molecule has 0 spiro atoms. The van der Waals surface area contributed by atoms with E-state index in [2.05, 4.69) is 9.71 Å². The van der Waals surface area contributed by atoms with E-state index < -0.39 is 27.6 Å². The number of para-hydroxylation sites is 1. The number of hydrogen-bond donors (Lipinski definition) is 1. The number of carbonyl (C=O) groups is 1. The quantitative estimate of drug-likeness (QED) is 0.457. The average Bonchev–Trinajstić information content (AvgIpc) is 3.31. The van der Waals surface area contributed by atoms with Crippen molar-refractivity contribution < 1.29 is 26.7 Å². The third-order valence-corrected chi connectivity index (χ3v) is 8.44. The number of nitrogens with zero attached hydrogens (tertiary/aromatic N) is 3. The molecule has 8 nitrogen and oxygen atoms in total. The molecule has 0 unspecified atom stereocenters. The van der Waals surface area contributed by atoms with Gasteiger partial charge in [-0.2, -0.15) is 14.0 Å². The highest BCUT2D eigenvalue weighted by Crippen LogP contribution is 2.36. The summed E-state index contributed by atoms with van der Waals surface area (Å²) in [6, 6.07) is 10.9. The Hall–Kier alpha value is -3.14. The maximum absolute atomic E-state index is 13.5. The molecule has 1 aromatic heterocycles. The van der Waals surface area contributed by atoms with Crippen molar-refractivity contribution in [3.8, 4) is 6.07 Å². The summed E-state index contributed by atoms with van der Waals surface area (Å²) in [5.41, 5.74) is 1.11. The molecule has 1 amide bonds. The first kappa shape index (κ1) is 25.9. The van der Waals surface area contributed by atoms with Gasteiger partial charge in [0, 0.05) is 20.0 Å². The normalized spacial score (nSPS) is 16.0. The molecule has 2 heterocycles. The molecule has 0 atom stereocenters. The van der Waals surface area contributed by atoms with Crippen molar-refractivity contribution in [3.05, 3.63) is 53.0 Å². The fourth-order valence-corrected chi connectivity index (χ4v) is 6.36. The summed E-state index contributed by atoms with van der Waals surface area (Å²) in [6.07, 6.45) is -2.42. The van der Waals surface area contributed by atoms with Crippen LogP contribution in [0.15, 0.2) is 46.8 Å². The number of hydrogen-bond acceptors (Lipinski definition) is 7. The van der Waals surface area contributed by atoms with Gasteiger partial charge in [-0.05, 0) is 49.6 Å². The third-order valence-electron chi connectivity index (χ3n) is 6.24. The Kier molecular flexibility index (Phi) is 7.01. The van der Waals surface area contributed by atoms with Crippen LogP contribution >= 0.6 is 11.3 Å². The molecule has 1 fully saturated rings. The lowest BCUT2D eigenvalue weighted by molar-refractivity contribution is -0.292. The third kappa shape index (κ3) is 5.33. The lowest BCUT2D eigenvalue weighted by atomic mass is 9.88. The molecule has 1 aliphatic heterocycles. The minimum Gasteiger partial charge on any atom is -0.338 e. The second kappa shape index (κ2) is 9.72. The van der Waals surface area contributed by atoms with Crippen LogP contribution in [0.1, 0.15) is 49.0 Å². The van der Waals surface area contributed by atoms with Crippen molar-refractivity contribution in [2.24, 2.45) is 0 Å². The zero-order valence-corrected chi connectivity index (χ0v) is 21.3. The van der Waals surface area contributed by atoms with Crippen LogP contribution in [0.3, 0.4) is 0 Å². The standard InChI is InChI=1S/C24H24F2N4O4S2/c1-3-24(34-23(2,25)26)9-11-30(12-10-24)22(31)18-8-7-17(13-16(18)14-27)29-36(32,33)20-6-4-5-19-21(20)28-15-35-19/h4-8,13,15,29H,3,9-12H2,1-2H3. The number of anilines is 1. The van der Waals surface area contributed by atoms with E-state index in [9.17, 15) is 27.3 Å². The first-order valence-electron chi connectivity index (χ1n) is 11.2. The molecule has 4 rings (SSSR count). The number of alkyl halides is 2. The Labute approximate surface area is 211 Å². The van der Waals surface area contributed by atoms with Crippen LogP contribution in [0.25, 0.3) is 10.2 Å². The first-order valence-corrected chi connectivity index (χ1v) is 13.6. The van der Waals surface area contributed by atoms with Crippen molar-refractivity contribution in [3.63, 3.8) is 0 Å². The fourth-order valence-electron chi connectivity index (χ4n) is 4.37. The predicted octanol–water partition coefficient (Wildman–Crippen LogP) is 4.98. The van der Waals surface area contributed by atoms with E-state index in [1.165, 1.54) is 40.5 Å². The van der Waals surface area contributed by atoms with Crippen molar-refractivity contribution >= 4 is 43.2 Å². The molecule has 1 saturated heterocycles. The van der Waals surface area contributed by atoms with Gasteiger partial charge in [0.2, 0.25) is 0 Å². The molecule has 36 heavy (non-hydrogen) atoms. The van der Waals surface area contributed by atoms with Gasteiger partial charge in [0.15, 0.2) is 0 Å². The molecular formula is C24H24F2N4O4S2. The monoisotopic (exact) mass is 534 g/mol. The van der Waals surface area contributed by atoms with Crippen LogP contribution in [0.4, 0.5) is 14.5 Å². The van der Waals surface area contributed by atoms with E-state index in [-0.39, 0.29) is 47.6 Å². The average molecular weight is 535 g/mol. The molecule has 0 saturated carbocycles. The van der Waals surface area contributed by atoms with E-state index >= 15 is 0 Å². The zero-order valence-electron chi connectivity index (χ0n) is 19.6. The van der Waals surface area contributed by atoms with Crippen LogP contribution in [0, 0.1) is 11.3 Å². The van der Waals surface area contributed by atoms with E-state index in [4.69, 9.17) is 4.74 Å². The summed E-state index contributed by atoms with van der Waals surface area (Å²) in [5, 5.41) is 9.66. The number of sulfonamides is 1. The number of nitriles is 1. The number of rotatable bonds is 7. The molecule has 0 bridgehead atoms. The number of amides is 1. The smallest absolute Gasteiger partial charge is 0.338 e. The molecule has 12 heteroatoms. The first-order chi connectivity index (χ1) is 17.0. The maximum atomic E-state index is 13.5. The van der Waals surface area contributed by atoms with Gasteiger partial charge in [0.05, 0.1) is 32.6 Å². The van der Waals surface area contributed by atoms with Crippen molar-refractivity contribution in [1.29, 1.82) is 5.26 Å². The molecule has 3 aromatic rings. The van der Waals surface area contributed by atoms with Gasteiger partial charge in [0.25, 0.3) is 15.9 Å². The van der Waals surface area contributed by atoms with Crippen molar-refractivity contribution in [1.82, 2.24) is 9.88 Å². The SMILES string of the molecule is CCC1(OC(C)(F)F)CCN(C(=O)c2ccc(NS(=O)(=O)c3cccc4scnc34)cc2C#N)CC1. The molecule has 0 aliphatic carbocycles. The van der Waals surface area contributed by atoms with Crippen molar-refractivity contribution in [2.75, 3.05) is 17.8 Å². The Morgan fingerprint density at radius 1 is 1.31 bits per heavy atom. The second-order valence-corrected chi connectivity index (χ2v) is 11.2. The lowest BCUT2D eigenvalue weighted by Gasteiger charge is -2.42. The van der Waals surface area contributed by atoms with E-state index in [0.29, 0.717) is 18.9 Å². The number of nitrogens with one attached hydrogen (secondary N) is 1. The van der Waals surface area contributed by atoms with Crippen LogP contribution in [0.2, 0.25) is 0 Å². The second-order valence-electron chi connectivity index (χ2n) is 8.67. The number of likely N-dealkylation sites (tertiary alicyclic amines) is 1. The number of benzene rings is 2. The Morgan fingerprint density at radius 2 is 2.03 bits per heavy atom.